The van der Waals surface area contributed by atoms with E-state index < -0.39 is 22.7 Å². The number of benzene rings is 2. The number of halogens is 4. The summed E-state index contributed by atoms with van der Waals surface area (Å²) in [6, 6.07) is 11.4. The van der Waals surface area contributed by atoms with Crippen LogP contribution in [-0.4, -0.2) is 26.8 Å². The van der Waals surface area contributed by atoms with Gasteiger partial charge in [0.05, 0.1) is 34.4 Å². The number of aryl methyl sites for hydroxylation is 1. The number of alkyl halides is 3. The highest BCUT2D eigenvalue weighted by Crippen LogP contribution is 2.35. The molecular weight excluding hydrogens is 507 g/mol. The Bertz CT molecular complexity index is 1510. The van der Waals surface area contributed by atoms with E-state index in [1.807, 2.05) is 6.92 Å². The zero-order valence-electron chi connectivity index (χ0n) is 19.5. The molecule has 0 spiro atoms. The molecule has 2 heterocycles. The molecule has 0 fully saturated rings. The molecule has 4 rings (SSSR count). The van der Waals surface area contributed by atoms with Crippen molar-refractivity contribution in [1.82, 2.24) is 15.0 Å². The Labute approximate surface area is 214 Å². The average molecular weight is 526 g/mol. The minimum atomic E-state index is -4.69. The highest BCUT2D eigenvalue weighted by molar-refractivity contribution is 6.31. The van der Waals surface area contributed by atoms with E-state index in [0.717, 1.165) is 11.6 Å². The molecule has 0 unspecified atom stereocenters. The maximum absolute atomic E-state index is 13.2. The van der Waals surface area contributed by atoms with Crippen LogP contribution in [0.2, 0.25) is 5.02 Å². The zero-order valence-corrected chi connectivity index (χ0v) is 20.3. The maximum Gasteiger partial charge on any atom is 0.417 e. The topological polar surface area (TPSA) is 96.9 Å². The fourth-order valence-corrected chi connectivity index (χ4v) is 3.76. The predicted octanol–water partition coefficient (Wildman–Crippen LogP) is 6.40. The largest absolute Gasteiger partial charge is 0.417 e. The molecule has 0 atom stereocenters. The van der Waals surface area contributed by atoms with E-state index in [-0.39, 0.29) is 11.5 Å². The van der Waals surface area contributed by atoms with Crippen LogP contribution in [0.25, 0.3) is 22.5 Å². The highest BCUT2D eigenvalue weighted by atomic mass is 35.5. The lowest BCUT2D eigenvalue weighted by atomic mass is 10.0. The minimum Gasteiger partial charge on any atom is -0.322 e. The smallest absolute Gasteiger partial charge is 0.322 e. The van der Waals surface area contributed by atoms with Crippen molar-refractivity contribution in [1.29, 1.82) is 0 Å². The first kappa shape index (κ1) is 25.8. The molecule has 2 aromatic carbocycles. The van der Waals surface area contributed by atoms with Crippen LogP contribution < -0.4 is 10.6 Å². The summed E-state index contributed by atoms with van der Waals surface area (Å²) in [6.45, 7) is 3.23. The molecule has 2 N–H and O–H groups in total. The third kappa shape index (κ3) is 6.10. The molecule has 0 aliphatic heterocycles. The number of carbonyl (C=O) groups is 2. The van der Waals surface area contributed by atoms with Gasteiger partial charge in [0.25, 0.3) is 5.91 Å². The van der Waals surface area contributed by atoms with E-state index in [1.165, 1.54) is 19.2 Å². The Morgan fingerprint density at radius 2 is 1.70 bits per heavy atom. The van der Waals surface area contributed by atoms with Gasteiger partial charge in [0.1, 0.15) is 5.82 Å². The van der Waals surface area contributed by atoms with Gasteiger partial charge in [-0.3, -0.25) is 14.6 Å². The second kappa shape index (κ2) is 10.4. The van der Waals surface area contributed by atoms with Gasteiger partial charge < -0.3 is 10.6 Å². The van der Waals surface area contributed by atoms with Gasteiger partial charge in [-0.25, -0.2) is 9.97 Å². The van der Waals surface area contributed by atoms with Crippen molar-refractivity contribution in [2.45, 2.75) is 20.0 Å². The summed E-state index contributed by atoms with van der Waals surface area (Å²) in [4.78, 5) is 37.1. The number of carbonyl (C=O) groups excluding carboxylic acids is 2. The number of rotatable bonds is 5. The second-order valence-electron chi connectivity index (χ2n) is 8.08. The highest BCUT2D eigenvalue weighted by Gasteiger charge is 2.33. The number of pyridine rings is 1. The number of hydrogen-bond acceptors (Lipinski definition) is 5. The van der Waals surface area contributed by atoms with Crippen LogP contribution in [0, 0.1) is 6.92 Å². The first-order valence-corrected chi connectivity index (χ1v) is 11.2. The lowest BCUT2D eigenvalue weighted by Crippen LogP contribution is -2.14. The summed E-state index contributed by atoms with van der Waals surface area (Å²) in [5.41, 5.74) is 2.30. The van der Waals surface area contributed by atoms with Crippen molar-refractivity contribution in [3.8, 4) is 22.5 Å². The Morgan fingerprint density at radius 3 is 2.43 bits per heavy atom. The first-order chi connectivity index (χ1) is 17.5. The van der Waals surface area contributed by atoms with Crippen molar-refractivity contribution in [3.63, 3.8) is 0 Å². The van der Waals surface area contributed by atoms with E-state index in [4.69, 9.17) is 11.6 Å². The number of aromatic nitrogens is 3. The number of amides is 2. The van der Waals surface area contributed by atoms with Gasteiger partial charge in [-0.2, -0.15) is 13.2 Å². The number of anilines is 2. The molecule has 0 radical (unpaired) electrons. The van der Waals surface area contributed by atoms with E-state index in [1.54, 1.807) is 42.7 Å². The van der Waals surface area contributed by atoms with Gasteiger partial charge in [-0.15, -0.1) is 0 Å². The van der Waals surface area contributed by atoms with Gasteiger partial charge in [-0.05, 0) is 55.0 Å². The van der Waals surface area contributed by atoms with Crippen LogP contribution in [-0.2, 0) is 11.0 Å². The Morgan fingerprint density at radius 1 is 0.946 bits per heavy atom. The van der Waals surface area contributed by atoms with Crippen molar-refractivity contribution >= 4 is 34.9 Å². The summed E-state index contributed by atoms with van der Waals surface area (Å²) in [7, 11) is 0. The molecule has 2 amide bonds. The van der Waals surface area contributed by atoms with Gasteiger partial charge in [-0.1, -0.05) is 17.7 Å². The summed E-state index contributed by atoms with van der Waals surface area (Å²) in [6.07, 6.45) is -0.0264. The molecule has 0 aliphatic carbocycles. The van der Waals surface area contributed by atoms with Crippen molar-refractivity contribution < 1.29 is 22.8 Å². The summed E-state index contributed by atoms with van der Waals surface area (Å²) < 4.78 is 39.6. The van der Waals surface area contributed by atoms with Gasteiger partial charge >= 0.3 is 6.18 Å². The van der Waals surface area contributed by atoms with E-state index in [2.05, 4.69) is 25.6 Å². The average Bonchev–Trinajstić information content (AvgIpc) is 2.84. The Kier molecular flexibility index (Phi) is 7.21. The fourth-order valence-electron chi connectivity index (χ4n) is 3.54. The predicted molar refractivity (Wildman–Crippen MR) is 134 cm³/mol. The van der Waals surface area contributed by atoms with Crippen LogP contribution in [0.3, 0.4) is 0 Å². The molecule has 2 aromatic heterocycles. The third-order valence-electron chi connectivity index (χ3n) is 5.30. The molecule has 37 heavy (non-hydrogen) atoms. The number of nitrogens with one attached hydrogen (secondary N) is 2. The molecule has 0 bridgehead atoms. The van der Waals surface area contributed by atoms with Gasteiger partial charge in [0.2, 0.25) is 5.91 Å². The Balaban J connectivity index is 1.62. The van der Waals surface area contributed by atoms with Crippen LogP contribution in [0.5, 0.6) is 0 Å². The van der Waals surface area contributed by atoms with E-state index >= 15 is 0 Å². The molecule has 0 saturated carbocycles. The first-order valence-electron chi connectivity index (χ1n) is 10.9. The lowest BCUT2D eigenvalue weighted by molar-refractivity contribution is -0.137. The number of hydrogen-bond donors (Lipinski definition) is 2. The normalized spacial score (nSPS) is 11.2. The second-order valence-corrected chi connectivity index (χ2v) is 8.48. The lowest BCUT2D eigenvalue weighted by Gasteiger charge is -2.13. The van der Waals surface area contributed by atoms with Crippen LogP contribution in [0.1, 0.15) is 28.4 Å². The van der Waals surface area contributed by atoms with E-state index in [9.17, 15) is 22.8 Å². The molecule has 188 valence electrons. The minimum absolute atomic E-state index is 0.187. The SMILES string of the molecule is CC(=O)Nc1cc(-c2cncc(-c3cc(NC(=O)c4ccc(Cl)c(C(F)(F)F)c4)ccc3C)n2)ccn1. The molecule has 0 aliphatic rings. The summed E-state index contributed by atoms with van der Waals surface area (Å²) in [5, 5.41) is 4.75. The van der Waals surface area contributed by atoms with Crippen molar-refractivity contribution in [2.24, 2.45) is 0 Å². The van der Waals surface area contributed by atoms with Crippen molar-refractivity contribution in [3.05, 3.63) is 88.8 Å². The number of nitrogens with zero attached hydrogens (tertiary/aromatic N) is 3. The standard InChI is InChI=1S/C26H19ClF3N5O2/c1-14-3-5-18(34-25(37)17-4-6-21(27)20(9-17)26(28,29)30)11-19(14)23-13-31-12-22(35-23)16-7-8-32-24(10-16)33-15(2)36/h3-13H,1-2H3,(H,34,37)(H,32,33,36). The van der Waals surface area contributed by atoms with Crippen molar-refractivity contribution in [2.75, 3.05) is 10.6 Å². The van der Waals surface area contributed by atoms with Gasteiger partial charge in [0.15, 0.2) is 0 Å². The summed E-state index contributed by atoms with van der Waals surface area (Å²) in [5.74, 6) is -0.611. The summed E-state index contributed by atoms with van der Waals surface area (Å²) >= 11 is 5.65. The Hall–Kier alpha value is -4.31. The van der Waals surface area contributed by atoms with Gasteiger partial charge in [0, 0.05) is 35.5 Å². The van der Waals surface area contributed by atoms with Crippen LogP contribution in [0.4, 0.5) is 24.7 Å². The maximum atomic E-state index is 13.2. The van der Waals surface area contributed by atoms with Crippen LogP contribution in [0.15, 0.2) is 67.1 Å². The molecule has 0 saturated heterocycles. The zero-order chi connectivity index (χ0) is 26.7. The third-order valence-corrected chi connectivity index (χ3v) is 5.63. The van der Waals surface area contributed by atoms with Crippen LogP contribution >= 0.6 is 11.6 Å². The molecule has 11 heteroatoms. The fraction of sp³-hybridized carbons (Fsp3) is 0.115. The molecule has 4 aromatic rings. The quantitative estimate of drug-likeness (QED) is 0.314. The van der Waals surface area contributed by atoms with E-state index in [0.29, 0.717) is 40.1 Å². The molecular formula is C26H19ClF3N5O2. The monoisotopic (exact) mass is 525 g/mol. The molecule has 7 nitrogen and oxygen atoms in total.